The number of aromatic nitrogens is 5. The smallest absolute Gasteiger partial charge is 0.255 e. The molecule has 1 amide bonds. The molecule has 0 bridgehead atoms. The number of rotatable bonds is 3. The number of carbonyl (C=O) groups excluding carboxylic acids is 1. The van der Waals surface area contributed by atoms with Crippen molar-refractivity contribution in [3.05, 3.63) is 41.2 Å². The third kappa shape index (κ3) is 3.15. The number of hydrogen-bond acceptors (Lipinski definition) is 4. The van der Waals surface area contributed by atoms with Gasteiger partial charge in [0.1, 0.15) is 16.9 Å². The first-order valence-corrected chi connectivity index (χ1v) is 10.1. The Bertz CT molecular complexity index is 1240. The molecular formula is C21H21ClN6O. The van der Waals surface area contributed by atoms with Crippen molar-refractivity contribution < 1.29 is 4.79 Å². The number of benzene rings is 1. The molecule has 1 aromatic carbocycles. The van der Waals surface area contributed by atoms with Gasteiger partial charge in [0.2, 0.25) is 0 Å². The van der Waals surface area contributed by atoms with Crippen LogP contribution in [0.5, 0.6) is 0 Å². The molecule has 0 saturated heterocycles. The number of carbonyl (C=O) groups is 1. The van der Waals surface area contributed by atoms with Gasteiger partial charge >= 0.3 is 0 Å². The molecule has 2 atom stereocenters. The van der Waals surface area contributed by atoms with Gasteiger partial charge in [-0.05, 0) is 43.4 Å². The molecular weight excluding hydrogens is 388 g/mol. The summed E-state index contributed by atoms with van der Waals surface area (Å²) in [6.45, 7) is 2.22. The molecule has 4 aromatic rings. The minimum Gasteiger partial charge on any atom is -0.349 e. The fourth-order valence-electron chi connectivity index (χ4n) is 4.20. The molecule has 0 radical (unpaired) electrons. The van der Waals surface area contributed by atoms with Gasteiger partial charge in [-0.2, -0.15) is 5.10 Å². The van der Waals surface area contributed by atoms with E-state index >= 15 is 0 Å². The van der Waals surface area contributed by atoms with Crippen LogP contribution in [0.15, 0.2) is 30.6 Å². The summed E-state index contributed by atoms with van der Waals surface area (Å²) in [6.07, 6.45) is 6.55. The van der Waals surface area contributed by atoms with Crippen molar-refractivity contribution in [2.75, 3.05) is 0 Å². The molecule has 8 heteroatoms. The van der Waals surface area contributed by atoms with Crippen LogP contribution < -0.4 is 5.32 Å². The molecule has 5 rings (SSSR count). The largest absolute Gasteiger partial charge is 0.349 e. The molecule has 1 aliphatic rings. The van der Waals surface area contributed by atoms with Gasteiger partial charge in [-0.3, -0.25) is 9.48 Å². The van der Waals surface area contributed by atoms with E-state index in [2.05, 4.69) is 27.3 Å². The number of H-pyrrole nitrogens is 1. The molecule has 1 fully saturated rings. The molecule has 2 N–H and O–H groups in total. The third-order valence-corrected chi connectivity index (χ3v) is 5.95. The Hall–Kier alpha value is -2.93. The highest BCUT2D eigenvalue weighted by Crippen LogP contribution is 2.30. The fourth-order valence-corrected chi connectivity index (χ4v) is 4.37. The Morgan fingerprint density at radius 1 is 1.34 bits per heavy atom. The third-order valence-electron chi connectivity index (χ3n) is 5.71. The van der Waals surface area contributed by atoms with E-state index < -0.39 is 0 Å². The van der Waals surface area contributed by atoms with Gasteiger partial charge in [-0.1, -0.05) is 18.5 Å². The predicted molar refractivity (Wildman–Crippen MR) is 113 cm³/mol. The van der Waals surface area contributed by atoms with Crippen molar-refractivity contribution in [2.45, 2.75) is 32.2 Å². The first-order valence-electron chi connectivity index (χ1n) is 9.77. The van der Waals surface area contributed by atoms with E-state index in [9.17, 15) is 4.79 Å². The molecule has 0 spiro atoms. The SMILES string of the molecule is C[C@@H]1CCC(NC(=O)c2c[nH]c3ncc(-c4nn(C)c5cc(Cl)ccc45)nc23)C1. The van der Waals surface area contributed by atoms with E-state index in [1.54, 1.807) is 17.1 Å². The zero-order valence-corrected chi connectivity index (χ0v) is 17.0. The van der Waals surface area contributed by atoms with E-state index in [1.165, 1.54) is 0 Å². The Kier molecular flexibility index (Phi) is 4.28. The van der Waals surface area contributed by atoms with Crippen LogP contribution in [0.2, 0.25) is 5.02 Å². The monoisotopic (exact) mass is 408 g/mol. The van der Waals surface area contributed by atoms with Gasteiger partial charge < -0.3 is 10.3 Å². The van der Waals surface area contributed by atoms with Crippen LogP contribution in [0.3, 0.4) is 0 Å². The van der Waals surface area contributed by atoms with Gasteiger partial charge in [0.05, 0.1) is 17.3 Å². The summed E-state index contributed by atoms with van der Waals surface area (Å²) in [4.78, 5) is 25.1. The van der Waals surface area contributed by atoms with E-state index in [4.69, 9.17) is 16.6 Å². The molecule has 1 unspecified atom stereocenters. The lowest BCUT2D eigenvalue weighted by molar-refractivity contribution is 0.0939. The standard InChI is InChI=1S/C21H21ClN6O/c1-11-3-5-13(7-11)25-21(29)15-9-23-20-19(15)26-16(10-24-20)18-14-6-4-12(22)8-17(14)28(2)27-18/h4,6,8-11,13H,3,5,7H2,1-2H3,(H,23,24)(H,25,29)/t11-,13?/m1/s1. The molecule has 7 nitrogen and oxygen atoms in total. The highest BCUT2D eigenvalue weighted by Gasteiger charge is 2.25. The summed E-state index contributed by atoms with van der Waals surface area (Å²) in [5, 5.41) is 9.33. The number of hydrogen-bond donors (Lipinski definition) is 2. The van der Waals surface area contributed by atoms with Gasteiger partial charge in [-0.15, -0.1) is 0 Å². The molecule has 3 aromatic heterocycles. The van der Waals surface area contributed by atoms with Crippen LogP contribution in [0.4, 0.5) is 0 Å². The van der Waals surface area contributed by atoms with Crippen LogP contribution >= 0.6 is 11.6 Å². The Morgan fingerprint density at radius 2 is 2.21 bits per heavy atom. The summed E-state index contributed by atoms with van der Waals surface area (Å²) in [6, 6.07) is 5.86. The van der Waals surface area contributed by atoms with Crippen LogP contribution in [0, 0.1) is 5.92 Å². The number of amides is 1. The normalized spacial score (nSPS) is 19.3. The quantitative estimate of drug-likeness (QED) is 0.534. The highest BCUT2D eigenvalue weighted by atomic mass is 35.5. The van der Waals surface area contributed by atoms with Crippen LogP contribution in [0.25, 0.3) is 33.5 Å². The van der Waals surface area contributed by atoms with Crippen molar-refractivity contribution in [3.8, 4) is 11.4 Å². The second kappa shape index (κ2) is 6.84. The van der Waals surface area contributed by atoms with Crippen LogP contribution in [-0.4, -0.2) is 36.7 Å². The van der Waals surface area contributed by atoms with E-state index in [0.29, 0.717) is 39.1 Å². The second-order valence-corrected chi connectivity index (χ2v) is 8.31. The average molecular weight is 409 g/mol. The first-order chi connectivity index (χ1) is 14.0. The van der Waals surface area contributed by atoms with E-state index in [0.717, 1.165) is 30.2 Å². The van der Waals surface area contributed by atoms with Gasteiger partial charge in [0.15, 0.2) is 5.65 Å². The predicted octanol–water partition coefficient (Wildman–Crippen LogP) is 4.08. The fraction of sp³-hybridized carbons (Fsp3) is 0.333. The Morgan fingerprint density at radius 3 is 3.00 bits per heavy atom. The lowest BCUT2D eigenvalue weighted by Crippen LogP contribution is -2.32. The number of halogens is 1. The number of nitrogens with zero attached hydrogens (tertiary/aromatic N) is 4. The summed E-state index contributed by atoms with van der Waals surface area (Å²) in [5.41, 5.74) is 3.90. The van der Waals surface area contributed by atoms with Crippen molar-refractivity contribution in [1.82, 2.24) is 30.0 Å². The van der Waals surface area contributed by atoms with Gasteiger partial charge in [0, 0.05) is 29.7 Å². The molecule has 29 heavy (non-hydrogen) atoms. The summed E-state index contributed by atoms with van der Waals surface area (Å²) < 4.78 is 1.77. The number of nitrogens with one attached hydrogen (secondary N) is 2. The lowest BCUT2D eigenvalue weighted by Gasteiger charge is -2.11. The number of aryl methyl sites for hydroxylation is 1. The van der Waals surface area contributed by atoms with Crippen molar-refractivity contribution in [3.63, 3.8) is 0 Å². The molecule has 0 aliphatic heterocycles. The maximum Gasteiger partial charge on any atom is 0.255 e. The van der Waals surface area contributed by atoms with E-state index in [1.807, 2.05) is 25.2 Å². The zero-order valence-electron chi connectivity index (χ0n) is 16.2. The van der Waals surface area contributed by atoms with E-state index in [-0.39, 0.29) is 11.9 Å². The van der Waals surface area contributed by atoms with Crippen LogP contribution in [0.1, 0.15) is 36.5 Å². The van der Waals surface area contributed by atoms with Crippen molar-refractivity contribution in [2.24, 2.45) is 13.0 Å². The number of fused-ring (bicyclic) bond motifs is 2. The molecule has 1 aliphatic carbocycles. The minimum atomic E-state index is -0.112. The van der Waals surface area contributed by atoms with Crippen molar-refractivity contribution >= 4 is 39.6 Å². The van der Waals surface area contributed by atoms with Crippen LogP contribution in [-0.2, 0) is 7.05 Å². The second-order valence-electron chi connectivity index (χ2n) is 7.88. The minimum absolute atomic E-state index is 0.112. The number of aromatic amines is 1. The van der Waals surface area contributed by atoms with Gasteiger partial charge in [-0.25, -0.2) is 9.97 Å². The lowest BCUT2D eigenvalue weighted by atomic mass is 10.1. The topological polar surface area (TPSA) is 88.5 Å². The van der Waals surface area contributed by atoms with Gasteiger partial charge in [0.25, 0.3) is 5.91 Å². The first kappa shape index (κ1) is 18.1. The molecule has 148 valence electrons. The average Bonchev–Trinajstić information content (AvgIpc) is 3.39. The summed E-state index contributed by atoms with van der Waals surface area (Å²) in [7, 11) is 1.87. The maximum atomic E-state index is 12.9. The summed E-state index contributed by atoms with van der Waals surface area (Å²) in [5.74, 6) is 0.542. The molecule has 1 saturated carbocycles. The van der Waals surface area contributed by atoms with Crippen molar-refractivity contribution in [1.29, 1.82) is 0 Å². The highest BCUT2D eigenvalue weighted by molar-refractivity contribution is 6.31. The zero-order chi connectivity index (χ0) is 20.1. The Balaban J connectivity index is 1.54. The molecule has 3 heterocycles. The maximum absolute atomic E-state index is 12.9. The Labute approximate surface area is 172 Å². The summed E-state index contributed by atoms with van der Waals surface area (Å²) >= 11 is 6.13.